The molecule has 0 aromatic carbocycles. The monoisotopic (exact) mass is 179 g/mol. The fourth-order valence-corrected chi connectivity index (χ4v) is 1.43. The Balaban J connectivity index is 0.000001000. The number of hydrogen-bond donors (Lipinski definition) is 1. The van der Waals surface area contributed by atoms with Gasteiger partial charge in [0.25, 0.3) is 0 Å². The van der Waals surface area contributed by atoms with Crippen LogP contribution in [0.15, 0.2) is 0 Å². The molecule has 1 aliphatic heterocycles. The van der Waals surface area contributed by atoms with Crippen molar-refractivity contribution in [2.45, 2.75) is 31.7 Å². The number of ether oxygens (including phenoxy) is 1. The molecule has 1 fully saturated rings. The Morgan fingerprint density at radius 3 is 2.82 bits per heavy atom. The summed E-state index contributed by atoms with van der Waals surface area (Å²) in [5.41, 5.74) is 0. The van der Waals surface area contributed by atoms with E-state index in [9.17, 15) is 0 Å². The summed E-state index contributed by atoms with van der Waals surface area (Å²) >= 11 is 0. The average molecular weight is 180 g/mol. The summed E-state index contributed by atoms with van der Waals surface area (Å²) in [7, 11) is 1.77. The van der Waals surface area contributed by atoms with Gasteiger partial charge in [-0.2, -0.15) is 0 Å². The second-order valence-electron chi connectivity index (χ2n) is 2.93. The van der Waals surface area contributed by atoms with Gasteiger partial charge in [-0.3, -0.25) is 0 Å². The molecular formula is C8H18ClNO. The molecule has 1 saturated heterocycles. The van der Waals surface area contributed by atoms with Gasteiger partial charge >= 0.3 is 0 Å². The van der Waals surface area contributed by atoms with Crippen LogP contribution in [0.25, 0.3) is 0 Å². The van der Waals surface area contributed by atoms with Crippen LogP contribution in [0.1, 0.15) is 25.7 Å². The topological polar surface area (TPSA) is 21.3 Å². The van der Waals surface area contributed by atoms with Gasteiger partial charge in [0.15, 0.2) is 0 Å². The van der Waals surface area contributed by atoms with Crippen LogP contribution in [0.2, 0.25) is 0 Å². The van der Waals surface area contributed by atoms with Crippen molar-refractivity contribution in [2.75, 3.05) is 20.3 Å². The molecule has 68 valence electrons. The molecule has 1 N–H and O–H groups in total. The van der Waals surface area contributed by atoms with Crippen LogP contribution >= 0.6 is 12.4 Å². The second kappa shape index (κ2) is 6.89. The lowest BCUT2D eigenvalue weighted by Crippen LogP contribution is -2.34. The standard InChI is InChI=1S/C8H17NO.ClH/c1-10-7-5-8-4-2-3-6-9-8;/h8-9H,2-7H2,1H3;1H. The van der Waals surface area contributed by atoms with E-state index in [1.54, 1.807) is 7.11 Å². The van der Waals surface area contributed by atoms with Gasteiger partial charge in [-0.1, -0.05) is 6.42 Å². The lowest BCUT2D eigenvalue weighted by Gasteiger charge is -2.22. The number of methoxy groups -OCH3 is 1. The molecule has 1 heterocycles. The number of piperidine rings is 1. The van der Waals surface area contributed by atoms with E-state index >= 15 is 0 Å². The molecule has 11 heavy (non-hydrogen) atoms. The molecule has 2 nitrogen and oxygen atoms in total. The highest BCUT2D eigenvalue weighted by atomic mass is 35.5. The Labute approximate surface area is 75.1 Å². The summed E-state index contributed by atoms with van der Waals surface area (Å²) in [5, 5.41) is 3.47. The van der Waals surface area contributed by atoms with Gasteiger partial charge in [-0.15, -0.1) is 12.4 Å². The first-order chi connectivity index (χ1) is 4.93. The summed E-state index contributed by atoms with van der Waals surface area (Å²) in [6, 6.07) is 0.730. The predicted molar refractivity (Wildman–Crippen MR) is 49.4 cm³/mol. The van der Waals surface area contributed by atoms with Crippen LogP contribution in [0.4, 0.5) is 0 Å². The smallest absolute Gasteiger partial charge is 0.0477 e. The Hall–Kier alpha value is 0.210. The normalized spacial score (nSPS) is 24.3. The van der Waals surface area contributed by atoms with Gasteiger partial charge in [0.2, 0.25) is 0 Å². The number of nitrogens with one attached hydrogen (secondary N) is 1. The third-order valence-corrected chi connectivity index (χ3v) is 2.08. The molecule has 0 aliphatic carbocycles. The second-order valence-corrected chi connectivity index (χ2v) is 2.93. The van der Waals surface area contributed by atoms with Crippen LogP contribution in [0.5, 0.6) is 0 Å². The highest BCUT2D eigenvalue weighted by Crippen LogP contribution is 2.09. The summed E-state index contributed by atoms with van der Waals surface area (Å²) < 4.78 is 5.00. The molecule has 1 rings (SSSR count). The number of hydrogen-bond acceptors (Lipinski definition) is 2. The van der Waals surface area contributed by atoms with Crippen molar-refractivity contribution in [3.63, 3.8) is 0 Å². The van der Waals surface area contributed by atoms with Gasteiger partial charge in [-0.05, 0) is 25.8 Å². The van der Waals surface area contributed by atoms with Crippen molar-refractivity contribution in [1.82, 2.24) is 5.32 Å². The minimum Gasteiger partial charge on any atom is -0.385 e. The van der Waals surface area contributed by atoms with Crippen molar-refractivity contribution in [3.05, 3.63) is 0 Å². The molecule has 3 heteroatoms. The highest BCUT2D eigenvalue weighted by Gasteiger charge is 2.10. The van der Waals surface area contributed by atoms with E-state index in [0.29, 0.717) is 0 Å². The Bertz CT molecular complexity index is 84.2. The van der Waals surface area contributed by atoms with E-state index in [-0.39, 0.29) is 12.4 Å². The van der Waals surface area contributed by atoms with Crippen LogP contribution in [0, 0.1) is 0 Å². The predicted octanol–water partition coefficient (Wildman–Crippen LogP) is 1.59. The molecule has 0 aromatic rings. The van der Waals surface area contributed by atoms with Gasteiger partial charge in [0.05, 0.1) is 0 Å². The molecule has 0 spiro atoms. The van der Waals surface area contributed by atoms with Crippen LogP contribution < -0.4 is 5.32 Å². The zero-order valence-corrected chi connectivity index (χ0v) is 7.95. The van der Waals surface area contributed by atoms with Crippen molar-refractivity contribution >= 4 is 12.4 Å². The largest absolute Gasteiger partial charge is 0.385 e. The fourth-order valence-electron chi connectivity index (χ4n) is 1.43. The van der Waals surface area contributed by atoms with E-state index < -0.39 is 0 Å². The number of halogens is 1. The molecule has 0 radical (unpaired) electrons. The minimum atomic E-state index is 0. The molecule has 0 saturated carbocycles. The highest BCUT2D eigenvalue weighted by molar-refractivity contribution is 5.85. The minimum absolute atomic E-state index is 0. The van der Waals surface area contributed by atoms with Gasteiger partial charge in [0.1, 0.15) is 0 Å². The molecule has 0 amide bonds. The maximum Gasteiger partial charge on any atom is 0.0477 e. The molecule has 1 unspecified atom stereocenters. The van der Waals surface area contributed by atoms with Crippen LogP contribution in [0.3, 0.4) is 0 Å². The third-order valence-electron chi connectivity index (χ3n) is 2.08. The zero-order valence-electron chi connectivity index (χ0n) is 7.14. The van der Waals surface area contributed by atoms with E-state index in [0.717, 1.165) is 12.6 Å². The first-order valence-corrected chi connectivity index (χ1v) is 4.16. The quantitative estimate of drug-likeness (QED) is 0.711. The van der Waals surface area contributed by atoms with Gasteiger partial charge < -0.3 is 10.1 Å². The van der Waals surface area contributed by atoms with Crippen molar-refractivity contribution in [3.8, 4) is 0 Å². The third kappa shape index (κ3) is 4.62. The van der Waals surface area contributed by atoms with Gasteiger partial charge in [-0.25, -0.2) is 0 Å². The molecule has 0 bridgehead atoms. The maximum absolute atomic E-state index is 5.00. The summed E-state index contributed by atoms with van der Waals surface area (Å²) in [5.74, 6) is 0. The summed E-state index contributed by atoms with van der Waals surface area (Å²) in [6.45, 7) is 2.10. The maximum atomic E-state index is 5.00. The van der Waals surface area contributed by atoms with Crippen molar-refractivity contribution in [1.29, 1.82) is 0 Å². The lowest BCUT2D eigenvalue weighted by molar-refractivity contribution is 0.177. The molecule has 1 atom stereocenters. The SMILES string of the molecule is COCCC1CCCCN1.Cl. The average Bonchev–Trinajstić information content (AvgIpc) is 2.03. The van der Waals surface area contributed by atoms with E-state index in [1.165, 1.54) is 32.2 Å². The summed E-state index contributed by atoms with van der Waals surface area (Å²) in [6.07, 6.45) is 5.25. The molecule has 1 aliphatic rings. The summed E-state index contributed by atoms with van der Waals surface area (Å²) in [4.78, 5) is 0. The van der Waals surface area contributed by atoms with Gasteiger partial charge in [0, 0.05) is 19.8 Å². The zero-order chi connectivity index (χ0) is 7.23. The Kier molecular flexibility index (Phi) is 7.02. The van der Waals surface area contributed by atoms with E-state index in [4.69, 9.17) is 4.74 Å². The molecular weight excluding hydrogens is 162 g/mol. The van der Waals surface area contributed by atoms with Crippen LogP contribution in [-0.2, 0) is 4.74 Å². The first kappa shape index (κ1) is 11.2. The number of rotatable bonds is 3. The van der Waals surface area contributed by atoms with Crippen LogP contribution in [-0.4, -0.2) is 26.3 Å². The van der Waals surface area contributed by atoms with E-state index in [2.05, 4.69) is 5.32 Å². The van der Waals surface area contributed by atoms with E-state index in [1.807, 2.05) is 0 Å². The first-order valence-electron chi connectivity index (χ1n) is 4.16. The van der Waals surface area contributed by atoms with Crippen molar-refractivity contribution < 1.29 is 4.74 Å². The van der Waals surface area contributed by atoms with Crippen molar-refractivity contribution in [2.24, 2.45) is 0 Å². The Morgan fingerprint density at radius 1 is 1.45 bits per heavy atom. The fraction of sp³-hybridized carbons (Fsp3) is 1.00. The molecule has 0 aromatic heterocycles. The lowest BCUT2D eigenvalue weighted by atomic mass is 10.0. The Morgan fingerprint density at radius 2 is 2.27 bits per heavy atom.